The summed E-state index contributed by atoms with van der Waals surface area (Å²) in [7, 11) is 0. The van der Waals surface area contributed by atoms with Crippen LogP contribution in [0.15, 0.2) is 18.2 Å². The maximum Gasteiger partial charge on any atom is 0.305 e. The van der Waals surface area contributed by atoms with Crippen molar-refractivity contribution in [2.45, 2.75) is 31.2 Å². The molecule has 2 N–H and O–H groups in total. The molecule has 0 spiro atoms. The number of hydrogen-bond donors (Lipinski definition) is 2. The van der Waals surface area contributed by atoms with Crippen LogP contribution in [0.4, 0.5) is 5.69 Å². The van der Waals surface area contributed by atoms with Crippen LogP contribution in [0.3, 0.4) is 0 Å². The van der Waals surface area contributed by atoms with Crippen LogP contribution in [0.5, 0.6) is 0 Å². The summed E-state index contributed by atoms with van der Waals surface area (Å²) in [6.45, 7) is 0. The van der Waals surface area contributed by atoms with Crippen LogP contribution in [0.1, 0.15) is 36.0 Å². The average Bonchev–Trinajstić information content (AvgIpc) is 2.34. The lowest BCUT2D eigenvalue weighted by atomic mass is 9.74. The minimum absolute atomic E-state index is 0.131. The number of nitrogens with one attached hydrogen (secondary N) is 1. The lowest BCUT2D eigenvalue weighted by Crippen LogP contribution is -2.54. The molecule has 8 heteroatoms. The molecule has 7 nitrogen and oxygen atoms in total. The van der Waals surface area contributed by atoms with Crippen LogP contribution in [0.2, 0.25) is 5.02 Å². The Morgan fingerprint density at radius 3 is 2.52 bits per heavy atom. The van der Waals surface area contributed by atoms with Gasteiger partial charge in [0.15, 0.2) is 0 Å². The highest BCUT2D eigenvalue weighted by Crippen LogP contribution is 2.35. The molecule has 0 aliphatic heterocycles. The molecule has 0 aromatic heterocycles. The lowest BCUT2D eigenvalue weighted by Gasteiger charge is -2.41. The molecule has 0 bridgehead atoms. The number of carboxylic acids is 1. The Bertz CT molecular complexity index is 613. The van der Waals surface area contributed by atoms with Gasteiger partial charge in [0.25, 0.3) is 11.6 Å². The van der Waals surface area contributed by atoms with E-state index in [0.717, 1.165) is 12.5 Å². The largest absolute Gasteiger partial charge is 0.481 e. The number of halogens is 1. The van der Waals surface area contributed by atoms with E-state index in [9.17, 15) is 19.7 Å². The summed E-state index contributed by atoms with van der Waals surface area (Å²) < 4.78 is 0. The van der Waals surface area contributed by atoms with Crippen molar-refractivity contribution in [1.29, 1.82) is 0 Å². The Labute approximate surface area is 125 Å². The second kappa shape index (κ2) is 5.69. The Balaban J connectivity index is 2.15. The first-order valence-electron chi connectivity index (χ1n) is 6.31. The number of carbonyl (C=O) groups is 2. The van der Waals surface area contributed by atoms with Crippen molar-refractivity contribution in [3.05, 3.63) is 38.9 Å². The summed E-state index contributed by atoms with van der Waals surface area (Å²) in [5.41, 5.74) is -0.837. The molecule has 1 aromatic carbocycles. The minimum atomic E-state index is -0.975. The number of nitro groups is 1. The second-order valence-electron chi connectivity index (χ2n) is 5.08. The number of nitro benzene ring substituents is 1. The highest BCUT2D eigenvalue weighted by atomic mass is 35.5. The number of aliphatic carboxylic acids is 1. The number of amides is 1. The molecule has 112 valence electrons. The molecule has 21 heavy (non-hydrogen) atoms. The zero-order valence-electron chi connectivity index (χ0n) is 11.0. The quantitative estimate of drug-likeness (QED) is 0.640. The molecule has 0 saturated heterocycles. The maximum absolute atomic E-state index is 12.1. The topological polar surface area (TPSA) is 110 Å². The van der Waals surface area contributed by atoms with E-state index >= 15 is 0 Å². The SMILES string of the molecule is O=C(O)CC1(NC(=O)c2ccc([N+](=O)[O-])c(Cl)c2)CCC1. The van der Waals surface area contributed by atoms with E-state index in [1.165, 1.54) is 12.1 Å². The molecule has 0 atom stereocenters. The van der Waals surface area contributed by atoms with Crippen molar-refractivity contribution in [3.63, 3.8) is 0 Å². The van der Waals surface area contributed by atoms with Gasteiger partial charge in [-0.2, -0.15) is 0 Å². The van der Waals surface area contributed by atoms with Crippen LogP contribution in [0, 0.1) is 10.1 Å². The summed E-state index contributed by atoms with van der Waals surface area (Å²) in [4.78, 5) is 33.0. The molecule has 1 fully saturated rings. The normalized spacial score (nSPS) is 15.9. The molecule has 0 heterocycles. The van der Waals surface area contributed by atoms with E-state index < -0.39 is 22.3 Å². The van der Waals surface area contributed by atoms with Crippen molar-refractivity contribution in [2.24, 2.45) is 0 Å². The summed E-state index contributed by atoms with van der Waals surface area (Å²) >= 11 is 5.76. The van der Waals surface area contributed by atoms with Gasteiger partial charge in [-0.05, 0) is 31.4 Å². The molecule has 0 radical (unpaired) electrons. The first-order chi connectivity index (χ1) is 9.83. The molecular weight excluding hydrogens is 300 g/mol. The third kappa shape index (κ3) is 3.30. The highest BCUT2D eigenvalue weighted by molar-refractivity contribution is 6.33. The molecule has 1 aromatic rings. The highest BCUT2D eigenvalue weighted by Gasteiger charge is 2.40. The fraction of sp³-hybridized carbons (Fsp3) is 0.385. The minimum Gasteiger partial charge on any atom is -0.481 e. The molecule has 0 unspecified atom stereocenters. The average molecular weight is 313 g/mol. The summed E-state index contributed by atoms with van der Waals surface area (Å²) in [6, 6.07) is 3.66. The van der Waals surface area contributed by atoms with E-state index in [2.05, 4.69) is 5.32 Å². The molecule has 1 aliphatic rings. The van der Waals surface area contributed by atoms with Crippen LogP contribution in [-0.2, 0) is 4.79 Å². The predicted octanol–water partition coefficient (Wildman–Crippen LogP) is 2.38. The van der Waals surface area contributed by atoms with Crippen molar-refractivity contribution in [2.75, 3.05) is 0 Å². The van der Waals surface area contributed by atoms with Gasteiger partial charge in [0.2, 0.25) is 0 Å². The number of nitrogens with zero attached hydrogens (tertiary/aromatic N) is 1. The predicted molar refractivity (Wildman–Crippen MR) is 74.4 cm³/mol. The van der Waals surface area contributed by atoms with Crippen LogP contribution in [-0.4, -0.2) is 27.4 Å². The number of benzene rings is 1. The van der Waals surface area contributed by atoms with Gasteiger partial charge in [-0.1, -0.05) is 11.6 Å². The molecule has 2 rings (SSSR count). The van der Waals surface area contributed by atoms with E-state index in [-0.39, 0.29) is 22.7 Å². The fourth-order valence-corrected chi connectivity index (χ4v) is 2.60. The third-order valence-electron chi connectivity index (χ3n) is 3.59. The summed E-state index contributed by atoms with van der Waals surface area (Å²) in [5.74, 6) is -1.45. The van der Waals surface area contributed by atoms with E-state index in [4.69, 9.17) is 16.7 Å². The standard InChI is InChI=1S/C13H13ClN2O5/c14-9-6-8(2-3-10(9)16(20)21)12(19)15-13(4-1-5-13)7-11(17)18/h2-3,6H,1,4-5,7H2,(H,15,19)(H,17,18). The van der Waals surface area contributed by atoms with Gasteiger partial charge in [-0.15, -0.1) is 0 Å². The first-order valence-corrected chi connectivity index (χ1v) is 6.69. The fourth-order valence-electron chi connectivity index (χ4n) is 2.35. The first kappa shape index (κ1) is 15.2. The Morgan fingerprint density at radius 2 is 2.10 bits per heavy atom. The number of hydrogen-bond acceptors (Lipinski definition) is 4. The summed E-state index contributed by atoms with van der Waals surface area (Å²) in [5, 5.41) is 22.1. The molecule has 1 aliphatic carbocycles. The van der Waals surface area contributed by atoms with Gasteiger partial charge < -0.3 is 10.4 Å². The van der Waals surface area contributed by atoms with Gasteiger partial charge >= 0.3 is 5.97 Å². The smallest absolute Gasteiger partial charge is 0.305 e. The Kier molecular flexibility index (Phi) is 4.13. The third-order valence-corrected chi connectivity index (χ3v) is 3.89. The van der Waals surface area contributed by atoms with Gasteiger partial charge in [0, 0.05) is 11.6 Å². The molecular formula is C13H13ClN2O5. The van der Waals surface area contributed by atoms with Gasteiger partial charge in [0.05, 0.1) is 16.9 Å². The van der Waals surface area contributed by atoms with E-state index in [1.807, 2.05) is 0 Å². The maximum atomic E-state index is 12.1. The van der Waals surface area contributed by atoms with E-state index in [0.29, 0.717) is 12.8 Å². The molecule has 1 amide bonds. The van der Waals surface area contributed by atoms with Crippen molar-refractivity contribution in [3.8, 4) is 0 Å². The molecule has 1 saturated carbocycles. The number of rotatable bonds is 5. The zero-order valence-corrected chi connectivity index (χ0v) is 11.7. The van der Waals surface area contributed by atoms with Gasteiger partial charge in [-0.25, -0.2) is 0 Å². The Morgan fingerprint density at radius 1 is 1.43 bits per heavy atom. The Hall–Kier alpha value is -2.15. The van der Waals surface area contributed by atoms with Crippen molar-refractivity contribution in [1.82, 2.24) is 5.32 Å². The number of carboxylic acid groups (broad SMARTS) is 1. The lowest BCUT2D eigenvalue weighted by molar-refractivity contribution is -0.384. The van der Waals surface area contributed by atoms with Crippen molar-refractivity contribution < 1.29 is 19.6 Å². The summed E-state index contributed by atoms with van der Waals surface area (Å²) in [6.07, 6.45) is 1.92. The van der Waals surface area contributed by atoms with Gasteiger partial charge in [0.1, 0.15) is 5.02 Å². The van der Waals surface area contributed by atoms with Crippen LogP contribution < -0.4 is 5.32 Å². The van der Waals surface area contributed by atoms with Crippen molar-refractivity contribution >= 4 is 29.2 Å². The van der Waals surface area contributed by atoms with Crippen LogP contribution >= 0.6 is 11.6 Å². The second-order valence-corrected chi connectivity index (χ2v) is 5.49. The van der Waals surface area contributed by atoms with E-state index in [1.54, 1.807) is 0 Å². The number of carbonyl (C=O) groups excluding carboxylic acids is 1. The zero-order chi connectivity index (χ0) is 15.6. The monoisotopic (exact) mass is 312 g/mol. The van der Waals surface area contributed by atoms with Gasteiger partial charge in [-0.3, -0.25) is 19.7 Å². The van der Waals surface area contributed by atoms with Crippen LogP contribution in [0.25, 0.3) is 0 Å².